The van der Waals surface area contributed by atoms with E-state index in [0.29, 0.717) is 16.3 Å². The van der Waals surface area contributed by atoms with Crippen molar-refractivity contribution >= 4 is 35.0 Å². The third-order valence-corrected chi connectivity index (χ3v) is 4.04. The maximum Gasteiger partial charge on any atom is 0.336 e. The Bertz CT molecular complexity index is 873. The number of carbonyl (C=O) groups excluding carboxylic acids is 2. The number of amides is 1. The van der Waals surface area contributed by atoms with Crippen LogP contribution in [0.4, 0.5) is 5.69 Å². The first-order valence-electron chi connectivity index (χ1n) is 7.45. The van der Waals surface area contributed by atoms with Crippen LogP contribution in [0.2, 0.25) is 0 Å². The van der Waals surface area contributed by atoms with E-state index >= 15 is 0 Å². The zero-order valence-electron chi connectivity index (χ0n) is 13.1. The summed E-state index contributed by atoms with van der Waals surface area (Å²) in [6.45, 7) is 0. The number of thiophene rings is 1. The van der Waals surface area contributed by atoms with Crippen LogP contribution in [0.15, 0.2) is 72.4 Å². The normalized spacial score (nSPS) is 10.6. The molecule has 25 heavy (non-hydrogen) atoms. The number of pyridine rings is 1. The van der Waals surface area contributed by atoms with E-state index in [1.807, 2.05) is 17.5 Å². The molecule has 0 saturated heterocycles. The van der Waals surface area contributed by atoms with Crippen LogP contribution in [0, 0.1) is 0 Å². The van der Waals surface area contributed by atoms with Crippen molar-refractivity contribution in [2.45, 2.75) is 0 Å². The minimum atomic E-state index is -0.487. The molecule has 3 aromatic rings. The quantitative estimate of drug-likeness (QED) is 0.429. The number of hydrogen-bond acceptors (Lipinski definition) is 5. The molecular formula is C19H14N2O3S. The Kier molecular flexibility index (Phi) is 5.33. The Hall–Kier alpha value is -3.25. The van der Waals surface area contributed by atoms with Crippen molar-refractivity contribution in [1.82, 2.24) is 4.98 Å². The first kappa shape index (κ1) is 16.6. The molecule has 1 N–H and O–H groups in total. The molecule has 2 heterocycles. The number of nitrogens with one attached hydrogen (secondary N) is 1. The van der Waals surface area contributed by atoms with Crippen LogP contribution >= 0.6 is 11.3 Å². The molecule has 0 aliphatic rings. The zero-order chi connectivity index (χ0) is 17.5. The maximum atomic E-state index is 12.0. The highest BCUT2D eigenvalue weighted by Gasteiger charge is 2.07. The van der Waals surface area contributed by atoms with Gasteiger partial charge in [-0.25, -0.2) is 4.79 Å². The molecule has 0 spiro atoms. The molecular weight excluding hydrogens is 336 g/mol. The number of hydrogen-bond donors (Lipinski definition) is 1. The lowest BCUT2D eigenvalue weighted by atomic mass is 10.2. The van der Waals surface area contributed by atoms with Gasteiger partial charge in [0.05, 0.1) is 4.88 Å². The van der Waals surface area contributed by atoms with E-state index in [1.54, 1.807) is 54.9 Å². The van der Waals surface area contributed by atoms with Crippen molar-refractivity contribution in [1.29, 1.82) is 0 Å². The molecule has 2 aromatic heterocycles. The molecule has 0 aliphatic heterocycles. The van der Waals surface area contributed by atoms with Crippen molar-refractivity contribution in [3.8, 4) is 5.75 Å². The summed E-state index contributed by atoms with van der Waals surface area (Å²) in [4.78, 5) is 28.4. The molecule has 0 aliphatic carbocycles. The van der Waals surface area contributed by atoms with E-state index in [1.165, 1.54) is 17.4 Å². The van der Waals surface area contributed by atoms with E-state index in [-0.39, 0.29) is 5.91 Å². The van der Waals surface area contributed by atoms with Crippen molar-refractivity contribution in [2.24, 2.45) is 0 Å². The molecule has 3 rings (SSSR count). The molecule has 1 amide bonds. The number of rotatable bonds is 5. The van der Waals surface area contributed by atoms with Crippen LogP contribution in [-0.2, 0) is 4.79 Å². The lowest BCUT2D eigenvalue weighted by Gasteiger charge is -2.05. The van der Waals surface area contributed by atoms with Gasteiger partial charge in [-0.15, -0.1) is 11.3 Å². The van der Waals surface area contributed by atoms with Crippen LogP contribution in [-0.4, -0.2) is 16.9 Å². The first-order valence-corrected chi connectivity index (χ1v) is 8.33. The number of anilines is 1. The van der Waals surface area contributed by atoms with Gasteiger partial charge in [0.2, 0.25) is 0 Å². The minimum absolute atomic E-state index is 0.167. The van der Waals surface area contributed by atoms with Crippen LogP contribution in [0.5, 0.6) is 5.75 Å². The van der Waals surface area contributed by atoms with E-state index in [0.717, 1.165) is 5.56 Å². The van der Waals surface area contributed by atoms with Crippen molar-refractivity contribution < 1.29 is 14.3 Å². The fourth-order valence-electron chi connectivity index (χ4n) is 2.00. The lowest BCUT2D eigenvalue weighted by Crippen LogP contribution is -2.10. The van der Waals surface area contributed by atoms with Gasteiger partial charge >= 0.3 is 5.97 Å². The summed E-state index contributed by atoms with van der Waals surface area (Å²) in [5.41, 5.74) is 1.44. The van der Waals surface area contributed by atoms with Crippen LogP contribution in [0.3, 0.4) is 0 Å². The summed E-state index contributed by atoms with van der Waals surface area (Å²) in [5, 5.41) is 4.63. The van der Waals surface area contributed by atoms with Gasteiger partial charge in [-0.2, -0.15) is 0 Å². The molecule has 6 heteroatoms. The summed E-state index contributed by atoms with van der Waals surface area (Å²) in [6.07, 6.45) is 6.28. The van der Waals surface area contributed by atoms with Crippen LogP contribution in [0.25, 0.3) is 6.08 Å². The largest absolute Gasteiger partial charge is 0.423 e. The second kappa shape index (κ2) is 8.03. The molecule has 0 fully saturated rings. The Morgan fingerprint density at radius 2 is 1.92 bits per heavy atom. The van der Waals surface area contributed by atoms with Crippen LogP contribution in [0.1, 0.15) is 15.2 Å². The highest BCUT2D eigenvalue weighted by Crippen LogP contribution is 2.18. The summed E-state index contributed by atoms with van der Waals surface area (Å²) in [6, 6.07) is 13.8. The molecule has 0 atom stereocenters. The zero-order valence-corrected chi connectivity index (χ0v) is 13.9. The van der Waals surface area contributed by atoms with E-state index in [9.17, 15) is 9.59 Å². The van der Waals surface area contributed by atoms with Gasteiger partial charge in [0.25, 0.3) is 5.91 Å². The Morgan fingerprint density at radius 1 is 1.08 bits per heavy atom. The predicted molar refractivity (Wildman–Crippen MR) is 97.6 cm³/mol. The highest BCUT2D eigenvalue weighted by molar-refractivity contribution is 7.12. The Morgan fingerprint density at radius 3 is 2.60 bits per heavy atom. The second-order valence-corrected chi connectivity index (χ2v) is 5.94. The summed E-state index contributed by atoms with van der Waals surface area (Å²) in [7, 11) is 0. The number of esters is 1. The molecule has 0 radical (unpaired) electrons. The minimum Gasteiger partial charge on any atom is -0.423 e. The maximum absolute atomic E-state index is 12.0. The Labute approximate surface area is 148 Å². The Balaban J connectivity index is 1.56. The van der Waals surface area contributed by atoms with Gasteiger partial charge in [0, 0.05) is 24.2 Å². The van der Waals surface area contributed by atoms with Gasteiger partial charge in [-0.1, -0.05) is 12.1 Å². The first-order chi connectivity index (χ1) is 12.2. The van der Waals surface area contributed by atoms with Crippen LogP contribution < -0.4 is 10.1 Å². The number of aromatic nitrogens is 1. The van der Waals surface area contributed by atoms with Gasteiger partial charge in [-0.3, -0.25) is 9.78 Å². The van der Waals surface area contributed by atoms with Crippen molar-refractivity contribution in [3.63, 3.8) is 0 Å². The van der Waals surface area contributed by atoms with Crippen molar-refractivity contribution in [3.05, 3.63) is 82.8 Å². The summed E-state index contributed by atoms with van der Waals surface area (Å²) in [5.74, 6) is -0.256. The average Bonchev–Trinajstić information content (AvgIpc) is 3.17. The molecule has 1 aromatic carbocycles. The number of ether oxygens (including phenoxy) is 1. The molecule has 0 unspecified atom stereocenters. The van der Waals surface area contributed by atoms with Crippen molar-refractivity contribution in [2.75, 3.05) is 5.32 Å². The second-order valence-electron chi connectivity index (χ2n) is 5.00. The molecule has 5 nitrogen and oxygen atoms in total. The highest BCUT2D eigenvalue weighted by atomic mass is 32.1. The fraction of sp³-hybridized carbons (Fsp3) is 0. The van der Waals surface area contributed by atoms with Gasteiger partial charge in [-0.05, 0) is 53.4 Å². The third-order valence-electron chi connectivity index (χ3n) is 3.17. The van der Waals surface area contributed by atoms with E-state index in [4.69, 9.17) is 4.74 Å². The number of benzene rings is 1. The van der Waals surface area contributed by atoms with E-state index in [2.05, 4.69) is 10.3 Å². The standard InChI is InChI=1S/C19H14N2O3S/c22-18(10-5-14-3-1-11-20-13-14)24-16-8-6-15(7-9-16)21-19(23)17-4-2-12-25-17/h1-13H,(H,21,23)/b10-5+. The number of carbonyl (C=O) groups is 2. The smallest absolute Gasteiger partial charge is 0.336 e. The predicted octanol–water partition coefficient (Wildman–Crippen LogP) is 4.01. The monoisotopic (exact) mass is 350 g/mol. The van der Waals surface area contributed by atoms with Gasteiger partial charge in [0.15, 0.2) is 0 Å². The average molecular weight is 350 g/mol. The number of nitrogens with zero attached hydrogens (tertiary/aromatic N) is 1. The van der Waals surface area contributed by atoms with Gasteiger partial charge in [0.1, 0.15) is 5.75 Å². The van der Waals surface area contributed by atoms with Gasteiger partial charge < -0.3 is 10.1 Å². The summed E-state index contributed by atoms with van der Waals surface area (Å²) >= 11 is 1.37. The lowest BCUT2D eigenvalue weighted by molar-refractivity contribution is -0.128. The summed E-state index contributed by atoms with van der Waals surface area (Å²) < 4.78 is 5.21. The third kappa shape index (κ3) is 4.86. The molecule has 0 saturated carbocycles. The molecule has 124 valence electrons. The fourth-order valence-corrected chi connectivity index (χ4v) is 2.61. The molecule has 0 bridgehead atoms. The SMILES string of the molecule is O=C(/C=C/c1cccnc1)Oc1ccc(NC(=O)c2cccs2)cc1. The topological polar surface area (TPSA) is 68.3 Å². The van der Waals surface area contributed by atoms with E-state index < -0.39 is 5.97 Å².